The maximum atomic E-state index is 12.8. The Morgan fingerprint density at radius 1 is 1.07 bits per heavy atom. The number of carbonyl (C=O) groups excluding carboxylic acids is 1. The number of hydrogen-bond acceptors (Lipinski definition) is 4. The third-order valence-electron chi connectivity index (χ3n) is 4.19. The third kappa shape index (κ3) is 4.81. The van der Waals surface area contributed by atoms with E-state index in [1.54, 1.807) is 28.0 Å². The zero-order valence-corrected chi connectivity index (χ0v) is 15.5. The van der Waals surface area contributed by atoms with Gasteiger partial charge in [0.15, 0.2) is 0 Å². The van der Waals surface area contributed by atoms with E-state index in [1.807, 2.05) is 0 Å². The second kappa shape index (κ2) is 7.90. The van der Waals surface area contributed by atoms with Crippen molar-refractivity contribution in [1.29, 1.82) is 0 Å². The monoisotopic (exact) mass is 418 g/mol. The molecular weight excluding hydrogens is 404 g/mol. The molecule has 0 unspecified atom stereocenters. The smallest absolute Gasteiger partial charge is 0.339 e. The van der Waals surface area contributed by atoms with E-state index >= 15 is 0 Å². The van der Waals surface area contributed by atoms with Gasteiger partial charge < -0.3 is 9.80 Å². The maximum Gasteiger partial charge on any atom is 0.433 e. The van der Waals surface area contributed by atoms with Crippen LogP contribution >= 0.6 is 23.2 Å². The van der Waals surface area contributed by atoms with Crippen LogP contribution in [0.25, 0.3) is 0 Å². The molecule has 27 heavy (non-hydrogen) atoms. The minimum atomic E-state index is -4.52. The average Bonchev–Trinajstić information content (AvgIpc) is 2.64. The van der Waals surface area contributed by atoms with Gasteiger partial charge in [-0.3, -0.25) is 4.79 Å². The van der Waals surface area contributed by atoms with Crippen molar-refractivity contribution in [2.45, 2.75) is 12.6 Å². The van der Waals surface area contributed by atoms with Crippen LogP contribution in [-0.2, 0) is 17.4 Å². The molecule has 1 aliphatic heterocycles. The van der Waals surface area contributed by atoms with Crippen molar-refractivity contribution in [1.82, 2.24) is 14.9 Å². The lowest BCUT2D eigenvalue weighted by molar-refractivity contribution is -0.141. The van der Waals surface area contributed by atoms with Crippen molar-refractivity contribution in [3.63, 3.8) is 0 Å². The summed E-state index contributed by atoms with van der Waals surface area (Å²) in [4.78, 5) is 23.2. The highest BCUT2D eigenvalue weighted by atomic mass is 35.5. The Balaban J connectivity index is 1.60. The number of benzene rings is 1. The van der Waals surface area contributed by atoms with E-state index in [2.05, 4.69) is 9.97 Å². The molecule has 1 aromatic heterocycles. The van der Waals surface area contributed by atoms with Gasteiger partial charge in [-0.05, 0) is 23.8 Å². The number of aromatic nitrogens is 2. The van der Waals surface area contributed by atoms with Crippen LogP contribution < -0.4 is 4.90 Å². The molecule has 1 aromatic carbocycles. The molecule has 2 aromatic rings. The molecule has 0 atom stereocenters. The fourth-order valence-electron chi connectivity index (χ4n) is 2.75. The first kappa shape index (κ1) is 19.7. The molecule has 0 radical (unpaired) electrons. The van der Waals surface area contributed by atoms with Crippen LogP contribution in [0.15, 0.2) is 30.5 Å². The number of halogens is 5. The van der Waals surface area contributed by atoms with Gasteiger partial charge in [0, 0.05) is 32.4 Å². The Morgan fingerprint density at radius 2 is 1.78 bits per heavy atom. The molecule has 1 aliphatic rings. The van der Waals surface area contributed by atoms with E-state index in [9.17, 15) is 18.0 Å². The van der Waals surface area contributed by atoms with Gasteiger partial charge in [0.05, 0.1) is 16.5 Å². The predicted octanol–water partition coefficient (Wildman–Crippen LogP) is 3.69. The van der Waals surface area contributed by atoms with Gasteiger partial charge in [-0.15, -0.1) is 0 Å². The molecule has 1 saturated heterocycles. The fourth-order valence-corrected chi connectivity index (χ4v) is 3.07. The molecular formula is C17H15Cl2F3N4O. The lowest BCUT2D eigenvalue weighted by atomic mass is 10.1. The van der Waals surface area contributed by atoms with Gasteiger partial charge in [0.1, 0.15) is 5.69 Å². The van der Waals surface area contributed by atoms with E-state index in [4.69, 9.17) is 23.2 Å². The van der Waals surface area contributed by atoms with E-state index in [0.29, 0.717) is 36.2 Å². The number of piperazine rings is 1. The molecule has 0 aliphatic carbocycles. The zero-order valence-electron chi connectivity index (χ0n) is 14.0. The Morgan fingerprint density at radius 3 is 2.41 bits per heavy atom. The maximum absolute atomic E-state index is 12.8. The number of anilines is 1. The first-order valence-corrected chi connectivity index (χ1v) is 8.86. The summed E-state index contributed by atoms with van der Waals surface area (Å²) in [5, 5.41) is 0.802. The second-order valence-electron chi connectivity index (χ2n) is 6.03. The third-order valence-corrected chi connectivity index (χ3v) is 4.93. The molecule has 0 spiro atoms. The summed E-state index contributed by atoms with van der Waals surface area (Å²) in [6, 6.07) is 5.85. The number of amides is 1. The standard InChI is InChI=1S/C17H15Cl2F3N4O/c18-12-2-1-11(9-13(12)19)10-15(27)25-5-7-26(8-6-25)16-23-4-3-14(24-16)17(20,21)22/h1-4,9H,5-8,10H2. The summed E-state index contributed by atoms with van der Waals surface area (Å²) in [5.74, 6) is -0.0700. The molecule has 10 heteroatoms. The topological polar surface area (TPSA) is 49.3 Å². The molecule has 0 saturated carbocycles. The summed E-state index contributed by atoms with van der Waals surface area (Å²) >= 11 is 11.8. The lowest BCUT2D eigenvalue weighted by Crippen LogP contribution is -2.49. The fraction of sp³-hybridized carbons (Fsp3) is 0.353. The van der Waals surface area contributed by atoms with Crippen molar-refractivity contribution in [2.24, 2.45) is 0 Å². The van der Waals surface area contributed by atoms with Crippen molar-refractivity contribution in [3.05, 3.63) is 51.8 Å². The van der Waals surface area contributed by atoms with Gasteiger partial charge in [-0.2, -0.15) is 13.2 Å². The normalized spacial score (nSPS) is 15.1. The van der Waals surface area contributed by atoms with Crippen molar-refractivity contribution >= 4 is 35.1 Å². The SMILES string of the molecule is O=C(Cc1ccc(Cl)c(Cl)c1)N1CCN(c2nccc(C(F)(F)F)n2)CC1. The Hall–Kier alpha value is -2.06. The highest BCUT2D eigenvalue weighted by Gasteiger charge is 2.33. The number of carbonyl (C=O) groups is 1. The molecule has 1 amide bonds. The number of nitrogens with zero attached hydrogens (tertiary/aromatic N) is 4. The van der Waals surface area contributed by atoms with Crippen molar-refractivity contribution < 1.29 is 18.0 Å². The number of alkyl halides is 3. The van der Waals surface area contributed by atoms with Gasteiger partial charge >= 0.3 is 6.18 Å². The van der Waals surface area contributed by atoms with E-state index in [-0.39, 0.29) is 18.3 Å². The summed E-state index contributed by atoms with van der Waals surface area (Å²) in [7, 11) is 0. The molecule has 1 fully saturated rings. The van der Waals surface area contributed by atoms with Gasteiger partial charge in [0.25, 0.3) is 0 Å². The lowest BCUT2D eigenvalue weighted by Gasteiger charge is -2.35. The summed E-state index contributed by atoms with van der Waals surface area (Å²) in [6.45, 7) is 1.46. The highest BCUT2D eigenvalue weighted by molar-refractivity contribution is 6.42. The molecule has 3 rings (SSSR count). The van der Waals surface area contributed by atoms with E-state index in [1.165, 1.54) is 0 Å². The van der Waals surface area contributed by atoms with Crippen LogP contribution in [0.3, 0.4) is 0 Å². The molecule has 0 bridgehead atoms. The first-order valence-electron chi connectivity index (χ1n) is 8.11. The van der Waals surface area contributed by atoms with E-state index in [0.717, 1.165) is 17.8 Å². The molecule has 0 N–H and O–H groups in total. The van der Waals surface area contributed by atoms with Crippen molar-refractivity contribution in [3.8, 4) is 0 Å². The van der Waals surface area contributed by atoms with E-state index < -0.39 is 11.9 Å². The minimum absolute atomic E-state index is 0.0152. The predicted molar refractivity (Wildman–Crippen MR) is 96.0 cm³/mol. The summed E-state index contributed by atoms with van der Waals surface area (Å²) < 4.78 is 38.4. The van der Waals surface area contributed by atoms with Crippen LogP contribution in [0.2, 0.25) is 10.0 Å². The van der Waals surface area contributed by atoms with Crippen LogP contribution in [0, 0.1) is 0 Å². The number of rotatable bonds is 3. The van der Waals surface area contributed by atoms with Crippen LogP contribution in [0.5, 0.6) is 0 Å². The average molecular weight is 419 g/mol. The van der Waals surface area contributed by atoms with Crippen molar-refractivity contribution in [2.75, 3.05) is 31.1 Å². The minimum Gasteiger partial charge on any atom is -0.339 e. The van der Waals surface area contributed by atoms with Crippen LogP contribution in [-0.4, -0.2) is 47.0 Å². The van der Waals surface area contributed by atoms with Gasteiger partial charge in [0.2, 0.25) is 11.9 Å². The van der Waals surface area contributed by atoms with Crippen LogP contribution in [0.4, 0.5) is 19.1 Å². The second-order valence-corrected chi connectivity index (χ2v) is 6.85. The molecule has 144 valence electrons. The Labute approximate surface area is 163 Å². The largest absolute Gasteiger partial charge is 0.433 e. The summed E-state index contributed by atoms with van der Waals surface area (Å²) in [5.41, 5.74) is -0.233. The molecule has 2 heterocycles. The zero-order chi connectivity index (χ0) is 19.6. The summed E-state index contributed by atoms with van der Waals surface area (Å²) in [6.07, 6.45) is -3.25. The van der Waals surface area contributed by atoms with Gasteiger partial charge in [-0.25, -0.2) is 9.97 Å². The van der Waals surface area contributed by atoms with Gasteiger partial charge in [-0.1, -0.05) is 29.3 Å². The molecule has 5 nitrogen and oxygen atoms in total. The Kier molecular flexibility index (Phi) is 5.76. The Bertz CT molecular complexity index is 839. The highest BCUT2D eigenvalue weighted by Crippen LogP contribution is 2.28. The quantitative estimate of drug-likeness (QED) is 0.762. The number of hydrogen-bond donors (Lipinski definition) is 0. The first-order chi connectivity index (χ1) is 12.7. The van der Waals surface area contributed by atoms with Crippen LogP contribution in [0.1, 0.15) is 11.3 Å².